The van der Waals surface area contributed by atoms with E-state index in [2.05, 4.69) is 4.98 Å². The number of nitrogens with two attached hydrogens (primary N) is 1. The third kappa shape index (κ3) is 2.66. The van der Waals surface area contributed by atoms with Gasteiger partial charge in [0.2, 0.25) is 0 Å². The number of carbonyl (C=O) groups is 1. The van der Waals surface area contributed by atoms with Gasteiger partial charge in [0.25, 0.3) is 0 Å². The molecule has 1 aromatic rings. The minimum atomic E-state index is -0.958. The molecule has 1 fully saturated rings. The first-order valence-electron chi connectivity index (χ1n) is 6.06. The monoisotopic (exact) mass is 254 g/mol. The summed E-state index contributed by atoms with van der Waals surface area (Å²) >= 11 is 1.43. The van der Waals surface area contributed by atoms with Crippen molar-refractivity contribution in [2.24, 2.45) is 11.7 Å². The van der Waals surface area contributed by atoms with Crippen LogP contribution in [0, 0.1) is 12.8 Å². The summed E-state index contributed by atoms with van der Waals surface area (Å²) < 4.78 is 0. The topological polar surface area (TPSA) is 76.2 Å². The highest BCUT2D eigenvalue weighted by molar-refractivity contribution is 7.11. The van der Waals surface area contributed by atoms with E-state index in [0.29, 0.717) is 5.92 Å². The molecule has 1 aliphatic carbocycles. The zero-order valence-electron chi connectivity index (χ0n) is 9.98. The molecule has 0 aromatic carbocycles. The van der Waals surface area contributed by atoms with E-state index in [9.17, 15) is 4.79 Å². The molecule has 0 spiro atoms. The Hall–Kier alpha value is -0.940. The van der Waals surface area contributed by atoms with Gasteiger partial charge in [-0.05, 0) is 25.7 Å². The quantitative estimate of drug-likeness (QED) is 0.869. The molecule has 1 aliphatic rings. The summed E-state index contributed by atoms with van der Waals surface area (Å²) in [7, 11) is 0. The third-order valence-corrected chi connectivity index (χ3v) is 4.53. The van der Waals surface area contributed by atoms with Gasteiger partial charge in [-0.1, -0.05) is 19.3 Å². The summed E-state index contributed by atoms with van der Waals surface area (Å²) in [6.07, 6.45) is 6.04. The first-order chi connectivity index (χ1) is 8.09. The zero-order valence-corrected chi connectivity index (χ0v) is 10.8. The molecule has 5 heteroatoms. The number of rotatable bonds is 3. The van der Waals surface area contributed by atoms with Crippen LogP contribution in [0.3, 0.4) is 0 Å². The maximum absolute atomic E-state index is 10.9. The van der Waals surface area contributed by atoms with Gasteiger partial charge in [0.15, 0.2) is 5.69 Å². The molecule has 4 nitrogen and oxygen atoms in total. The molecule has 2 rings (SSSR count). The van der Waals surface area contributed by atoms with Gasteiger partial charge in [0.05, 0.1) is 6.04 Å². The van der Waals surface area contributed by atoms with Crippen LogP contribution in [-0.4, -0.2) is 16.1 Å². The molecule has 0 amide bonds. The van der Waals surface area contributed by atoms with Gasteiger partial charge in [-0.25, -0.2) is 9.78 Å². The average molecular weight is 254 g/mol. The van der Waals surface area contributed by atoms with Gasteiger partial charge >= 0.3 is 5.97 Å². The highest BCUT2D eigenvalue weighted by atomic mass is 32.1. The van der Waals surface area contributed by atoms with E-state index in [-0.39, 0.29) is 11.7 Å². The summed E-state index contributed by atoms with van der Waals surface area (Å²) in [5, 5.41) is 9.76. The Labute approximate surface area is 105 Å². The molecule has 0 saturated heterocycles. The second-order valence-corrected chi connectivity index (χ2v) is 5.92. The second-order valence-electron chi connectivity index (χ2n) is 4.69. The maximum atomic E-state index is 10.9. The van der Waals surface area contributed by atoms with Crippen molar-refractivity contribution in [2.45, 2.75) is 45.1 Å². The molecular weight excluding hydrogens is 236 g/mol. The first kappa shape index (κ1) is 12.5. The number of thiazole rings is 1. The number of aryl methyl sites for hydroxylation is 1. The molecule has 1 atom stereocenters. The first-order valence-corrected chi connectivity index (χ1v) is 6.87. The zero-order chi connectivity index (χ0) is 12.4. The van der Waals surface area contributed by atoms with Crippen LogP contribution in [0.5, 0.6) is 0 Å². The van der Waals surface area contributed by atoms with Gasteiger partial charge in [-0.3, -0.25) is 0 Å². The fourth-order valence-electron chi connectivity index (χ4n) is 2.45. The number of hydrogen-bond donors (Lipinski definition) is 2. The lowest BCUT2D eigenvalue weighted by Gasteiger charge is -2.25. The predicted molar refractivity (Wildman–Crippen MR) is 67.3 cm³/mol. The van der Waals surface area contributed by atoms with Crippen LogP contribution in [0.4, 0.5) is 0 Å². The van der Waals surface area contributed by atoms with Gasteiger partial charge < -0.3 is 10.8 Å². The van der Waals surface area contributed by atoms with Crippen LogP contribution < -0.4 is 5.73 Å². The van der Waals surface area contributed by atoms with Crippen LogP contribution >= 0.6 is 11.3 Å². The van der Waals surface area contributed by atoms with Crippen LogP contribution in [0.2, 0.25) is 0 Å². The lowest BCUT2D eigenvalue weighted by atomic mass is 9.84. The summed E-state index contributed by atoms with van der Waals surface area (Å²) in [6.45, 7) is 1.79. The van der Waals surface area contributed by atoms with Crippen LogP contribution in [0.15, 0.2) is 0 Å². The SMILES string of the molecule is Cc1sc(C(N)C2CCCCC2)nc1C(=O)O. The lowest BCUT2D eigenvalue weighted by molar-refractivity contribution is 0.0690. The van der Waals surface area contributed by atoms with E-state index in [0.717, 1.165) is 22.7 Å². The van der Waals surface area contributed by atoms with Crippen LogP contribution in [-0.2, 0) is 0 Å². The summed E-state index contributed by atoms with van der Waals surface area (Å²) in [5.74, 6) is -0.489. The van der Waals surface area contributed by atoms with Crippen molar-refractivity contribution in [3.05, 3.63) is 15.6 Å². The number of aromatic nitrogens is 1. The summed E-state index contributed by atoms with van der Waals surface area (Å²) in [6, 6.07) is -0.0906. The van der Waals surface area contributed by atoms with Crippen molar-refractivity contribution in [3.63, 3.8) is 0 Å². The van der Waals surface area contributed by atoms with E-state index < -0.39 is 5.97 Å². The third-order valence-electron chi connectivity index (χ3n) is 3.46. The van der Waals surface area contributed by atoms with Crippen molar-refractivity contribution in [1.82, 2.24) is 4.98 Å². The predicted octanol–water partition coefficient (Wildman–Crippen LogP) is 2.73. The van der Waals surface area contributed by atoms with Crippen LogP contribution in [0.25, 0.3) is 0 Å². The van der Waals surface area contributed by atoms with E-state index in [1.54, 1.807) is 6.92 Å². The molecule has 1 unspecified atom stereocenters. The number of carboxylic acids is 1. The van der Waals surface area contributed by atoms with Gasteiger partial charge in [-0.15, -0.1) is 11.3 Å². The minimum Gasteiger partial charge on any atom is -0.476 e. The largest absolute Gasteiger partial charge is 0.476 e. The average Bonchev–Trinajstić information content (AvgIpc) is 2.71. The highest BCUT2D eigenvalue weighted by Gasteiger charge is 2.26. The number of hydrogen-bond acceptors (Lipinski definition) is 4. The van der Waals surface area contributed by atoms with E-state index in [4.69, 9.17) is 10.8 Å². The van der Waals surface area contributed by atoms with Gasteiger partial charge in [0.1, 0.15) is 5.01 Å². The highest BCUT2D eigenvalue weighted by Crippen LogP contribution is 2.35. The lowest BCUT2D eigenvalue weighted by Crippen LogP contribution is -2.23. The van der Waals surface area contributed by atoms with Crippen molar-refractivity contribution in [1.29, 1.82) is 0 Å². The van der Waals surface area contributed by atoms with Crippen molar-refractivity contribution in [3.8, 4) is 0 Å². The second kappa shape index (κ2) is 5.14. The molecular formula is C12H18N2O2S. The minimum absolute atomic E-state index is 0.0906. The Morgan fingerprint density at radius 3 is 2.65 bits per heavy atom. The van der Waals surface area contributed by atoms with Crippen molar-refractivity contribution < 1.29 is 9.90 Å². The number of aromatic carboxylic acids is 1. The van der Waals surface area contributed by atoms with Gasteiger partial charge in [-0.2, -0.15) is 0 Å². The molecule has 1 saturated carbocycles. The maximum Gasteiger partial charge on any atom is 0.355 e. The Morgan fingerprint density at radius 2 is 2.12 bits per heavy atom. The standard InChI is InChI=1S/C12H18N2O2S/c1-7-10(12(15)16)14-11(17-7)9(13)8-5-3-2-4-6-8/h8-9H,2-6,13H2,1H3,(H,15,16). The summed E-state index contributed by atoms with van der Waals surface area (Å²) in [5.41, 5.74) is 6.37. The molecule has 0 radical (unpaired) electrons. The smallest absolute Gasteiger partial charge is 0.355 e. The van der Waals surface area contributed by atoms with Crippen molar-refractivity contribution in [2.75, 3.05) is 0 Å². The fourth-order valence-corrected chi connectivity index (χ4v) is 3.46. The Morgan fingerprint density at radius 1 is 1.47 bits per heavy atom. The van der Waals surface area contributed by atoms with E-state index >= 15 is 0 Å². The number of carboxylic acid groups (broad SMARTS) is 1. The Balaban J connectivity index is 2.15. The Kier molecular flexibility index (Phi) is 3.79. The number of nitrogens with zero attached hydrogens (tertiary/aromatic N) is 1. The molecule has 3 N–H and O–H groups in total. The molecule has 0 bridgehead atoms. The van der Waals surface area contributed by atoms with E-state index in [1.165, 1.54) is 30.6 Å². The van der Waals surface area contributed by atoms with Gasteiger partial charge in [0, 0.05) is 4.88 Å². The fraction of sp³-hybridized carbons (Fsp3) is 0.667. The molecule has 1 heterocycles. The normalized spacial score (nSPS) is 19.2. The van der Waals surface area contributed by atoms with Crippen molar-refractivity contribution >= 4 is 17.3 Å². The van der Waals surface area contributed by atoms with Crippen LogP contribution in [0.1, 0.15) is 58.5 Å². The molecule has 17 heavy (non-hydrogen) atoms. The molecule has 1 aromatic heterocycles. The Bertz CT molecular complexity index is 411. The van der Waals surface area contributed by atoms with E-state index in [1.807, 2.05) is 0 Å². The molecule has 0 aliphatic heterocycles. The summed E-state index contributed by atoms with van der Waals surface area (Å²) in [4.78, 5) is 15.9. The molecule has 94 valence electrons.